The molecule has 0 aromatic heterocycles. The number of hydrogen-bond acceptors (Lipinski definition) is 3. The third-order valence-electron chi connectivity index (χ3n) is 4.19. The van der Waals surface area contributed by atoms with E-state index in [1.807, 2.05) is 6.92 Å². The van der Waals surface area contributed by atoms with Gasteiger partial charge in [0.1, 0.15) is 0 Å². The molecular weight excluding hydrogens is 288 g/mol. The summed E-state index contributed by atoms with van der Waals surface area (Å²) in [6, 6.07) is 0. The Hall–Kier alpha value is -0.830. The Morgan fingerprint density at radius 3 is 2.09 bits per heavy atom. The number of carbonyl (C=O) groups is 1. The SMILES string of the molecule is CCCCCCCC(C)(CCCCC)OC/C=C/C(=O)OCC. The molecule has 0 aliphatic carbocycles. The molecular formula is C20H38O3. The Morgan fingerprint density at radius 1 is 0.913 bits per heavy atom. The molecule has 0 aromatic rings. The van der Waals surface area contributed by atoms with Gasteiger partial charge in [0.15, 0.2) is 0 Å². The lowest BCUT2D eigenvalue weighted by Gasteiger charge is -2.30. The lowest BCUT2D eigenvalue weighted by atomic mass is 9.91. The number of rotatable bonds is 15. The zero-order chi connectivity index (χ0) is 17.4. The van der Waals surface area contributed by atoms with E-state index in [9.17, 15) is 4.79 Å². The highest BCUT2D eigenvalue weighted by molar-refractivity contribution is 5.81. The second-order valence-electron chi connectivity index (χ2n) is 6.54. The van der Waals surface area contributed by atoms with Crippen LogP contribution in [0.15, 0.2) is 12.2 Å². The second-order valence-corrected chi connectivity index (χ2v) is 6.54. The minimum Gasteiger partial charge on any atom is -0.463 e. The van der Waals surface area contributed by atoms with Crippen molar-refractivity contribution >= 4 is 5.97 Å². The lowest BCUT2D eigenvalue weighted by molar-refractivity contribution is -0.137. The quantitative estimate of drug-likeness (QED) is 0.216. The van der Waals surface area contributed by atoms with E-state index in [0.29, 0.717) is 13.2 Å². The highest BCUT2D eigenvalue weighted by Crippen LogP contribution is 2.26. The third kappa shape index (κ3) is 13.3. The summed E-state index contributed by atoms with van der Waals surface area (Å²) in [6.07, 6.45) is 15.6. The molecule has 0 N–H and O–H groups in total. The number of esters is 1. The van der Waals surface area contributed by atoms with Crippen LogP contribution in [0.3, 0.4) is 0 Å². The molecule has 0 aliphatic heterocycles. The van der Waals surface area contributed by atoms with E-state index in [-0.39, 0.29) is 11.6 Å². The summed E-state index contributed by atoms with van der Waals surface area (Å²) in [4.78, 5) is 11.3. The molecule has 0 bridgehead atoms. The van der Waals surface area contributed by atoms with E-state index in [1.165, 1.54) is 57.4 Å². The molecule has 0 aromatic carbocycles. The Balaban J connectivity index is 4.21. The van der Waals surface area contributed by atoms with Crippen LogP contribution in [0.4, 0.5) is 0 Å². The Bertz CT molecular complexity index is 312. The van der Waals surface area contributed by atoms with Gasteiger partial charge in [-0.25, -0.2) is 4.79 Å². The van der Waals surface area contributed by atoms with Crippen molar-refractivity contribution in [1.29, 1.82) is 0 Å². The monoisotopic (exact) mass is 326 g/mol. The van der Waals surface area contributed by atoms with Gasteiger partial charge in [0, 0.05) is 6.08 Å². The molecule has 1 unspecified atom stereocenters. The molecule has 0 fully saturated rings. The maximum Gasteiger partial charge on any atom is 0.330 e. The minimum atomic E-state index is -0.289. The van der Waals surface area contributed by atoms with Crippen LogP contribution in [-0.4, -0.2) is 24.8 Å². The van der Waals surface area contributed by atoms with Crippen LogP contribution in [-0.2, 0) is 14.3 Å². The molecule has 136 valence electrons. The summed E-state index contributed by atoms with van der Waals surface area (Å²) < 4.78 is 11.0. The summed E-state index contributed by atoms with van der Waals surface area (Å²) in [6.45, 7) is 9.40. The van der Waals surface area contributed by atoms with Gasteiger partial charge in [-0.15, -0.1) is 0 Å². The summed E-state index contributed by atoms with van der Waals surface area (Å²) in [7, 11) is 0. The van der Waals surface area contributed by atoms with Gasteiger partial charge < -0.3 is 9.47 Å². The van der Waals surface area contributed by atoms with Gasteiger partial charge in [0.2, 0.25) is 0 Å². The van der Waals surface area contributed by atoms with Gasteiger partial charge in [0.25, 0.3) is 0 Å². The summed E-state index contributed by atoms with van der Waals surface area (Å²) in [5, 5.41) is 0. The van der Waals surface area contributed by atoms with Crippen LogP contribution in [0.5, 0.6) is 0 Å². The molecule has 0 aliphatic rings. The maximum atomic E-state index is 11.3. The first kappa shape index (κ1) is 22.2. The Labute approximate surface area is 143 Å². The largest absolute Gasteiger partial charge is 0.463 e. The zero-order valence-electron chi connectivity index (χ0n) is 15.9. The van der Waals surface area contributed by atoms with Gasteiger partial charge >= 0.3 is 5.97 Å². The minimum absolute atomic E-state index is 0.0691. The Kier molecular flexibility index (Phi) is 14.2. The average Bonchev–Trinajstić information content (AvgIpc) is 2.52. The first-order chi connectivity index (χ1) is 11.1. The van der Waals surface area contributed by atoms with Crippen LogP contribution in [0, 0.1) is 0 Å². The smallest absolute Gasteiger partial charge is 0.330 e. The van der Waals surface area contributed by atoms with Gasteiger partial charge in [-0.2, -0.15) is 0 Å². The molecule has 23 heavy (non-hydrogen) atoms. The summed E-state index contributed by atoms with van der Waals surface area (Å²) in [5.41, 5.74) is -0.0691. The van der Waals surface area contributed by atoms with Crippen LogP contribution in [0.2, 0.25) is 0 Å². The molecule has 0 heterocycles. The molecule has 3 nitrogen and oxygen atoms in total. The highest BCUT2D eigenvalue weighted by Gasteiger charge is 2.23. The standard InChI is InChI=1S/C20H38O3/c1-5-8-10-11-13-17-20(4,16-12-9-6-2)23-18-14-15-19(21)22-7-3/h14-15H,5-13,16-18H2,1-4H3/b15-14+. The van der Waals surface area contributed by atoms with Crippen molar-refractivity contribution in [3.63, 3.8) is 0 Å². The van der Waals surface area contributed by atoms with Gasteiger partial charge in [0.05, 0.1) is 18.8 Å². The van der Waals surface area contributed by atoms with Crippen molar-refractivity contribution in [3.8, 4) is 0 Å². The zero-order valence-corrected chi connectivity index (χ0v) is 15.9. The van der Waals surface area contributed by atoms with E-state index < -0.39 is 0 Å². The van der Waals surface area contributed by atoms with Crippen LogP contribution < -0.4 is 0 Å². The van der Waals surface area contributed by atoms with E-state index >= 15 is 0 Å². The molecule has 0 rings (SSSR count). The maximum absolute atomic E-state index is 11.3. The predicted octanol–water partition coefficient (Wildman–Crippen LogP) is 5.82. The lowest BCUT2D eigenvalue weighted by Crippen LogP contribution is -2.29. The fourth-order valence-electron chi connectivity index (χ4n) is 2.70. The van der Waals surface area contributed by atoms with E-state index in [0.717, 1.165) is 12.8 Å². The number of hydrogen-bond donors (Lipinski definition) is 0. The van der Waals surface area contributed by atoms with E-state index in [1.54, 1.807) is 6.08 Å². The number of carbonyl (C=O) groups excluding carboxylic acids is 1. The van der Waals surface area contributed by atoms with Crippen molar-refractivity contribution in [2.75, 3.05) is 13.2 Å². The number of ether oxygens (including phenoxy) is 2. The first-order valence-corrected chi connectivity index (χ1v) is 9.55. The van der Waals surface area contributed by atoms with E-state index in [4.69, 9.17) is 9.47 Å². The van der Waals surface area contributed by atoms with Crippen LogP contribution >= 0.6 is 0 Å². The molecule has 0 amide bonds. The van der Waals surface area contributed by atoms with Crippen LogP contribution in [0.1, 0.15) is 91.9 Å². The highest BCUT2D eigenvalue weighted by atomic mass is 16.5. The normalized spacial score (nSPS) is 14.1. The molecule has 0 radical (unpaired) electrons. The Morgan fingerprint density at radius 2 is 1.48 bits per heavy atom. The summed E-state index contributed by atoms with van der Waals surface area (Å²) in [5.74, 6) is -0.289. The van der Waals surface area contributed by atoms with Crippen molar-refractivity contribution in [2.24, 2.45) is 0 Å². The molecule has 3 heteroatoms. The fraction of sp³-hybridized carbons (Fsp3) is 0.850. The first-order valence-electron chi connectivity index (χ1n) is 9.55. The van der Waals surface area contributed by atoms with Gasteiger partial charge in [-0.3, -0.25) is 0 Å². The molecule has 1 atom stereocenters. The average molecular weight is 327 g/mol. The fourth-order valence-corrected chi connectivity index (χ4v) is 2.70. The summed E-state index contributed by atoms with van der Waals surface area (Å²) >= 11 is 0. The van der Waals surface area contributed by atoms with Crippen LogP contribution in [0.25, 0.3) is 0 Å². The third-order valence-corrected chi connectivity index (χ3v) is 4.19. The molecule has 0 saturated carbocycles. The predicted molar refractivity (Wildman–Crippen MR) is 97.6 cm³/mol. The second kappa shape index (κ2) is 14.7. The van der Waals surface area contributed by atoms with Gasteiger partial charge in [-0.1, -0.05) is 71.3 Å². The van der Waals surface area contributed by atoms with Crippen molar-refractivity contribution in [2.45, 2.75) is 97.5 Å². The van der Waals surface area contributed by atoms with Crippen molar-refractivity contribution in [3.05, 3.63) is 12.2 Å². The van der Waals surface area contributed by atoms with Gasteiger partial charge in [-0.05, 0) is 26.7 Å². The topological polar surface area (TPSA) is 35.5 Å². The van der Waals surface area contributed by atoms with Crippen molar-refractivity contribution in [1.82, 2.24) is 0 Å². The van der Waals surface area contributed by atoms with Crippen molar-refractivity contribution < 1.29 is 14.3 Å². The van der Waals surface area contributed by atoms with E-state index in [2.05, 4.69) is 20.8 Å². The number of unbranched alkanes of at least 4 members (excludes halogenated alkanes) is 6. The molecule has 0 spiro atoms. The molecule has 0 saturated heterocycles.